The molecular formula is C26H45N3O3. The summed E-state index contributed by atoms with van der Waals surface area (Å²) < 4.78 is 5.18. The Bertz CT molecular complexity index is 620. The first-order chi connectivity index (χ1) is 15.4. The summed E-state index contributed by atoms with van der Waals surface area (Å²) in [6, 6.07) is 0. The van der Waals surface area contributed by atoms with Crippen molar-refractivity contribution in [2.24, 2.45) is 11.0 Å². The van der Waals surface area contributed by atoms with Crippen LogP contribution in [0, 0.1) is 5.92 Å². The second kappa shape index (κ2) is 19.6. The molecule has 0 N–H and O–H groups in total. The molecule has 0 rings (SSSR count). The Hall–Kier alpha value is -2.07. The number of ether oxygens (including phenoxy) is 1. The lowest BCUT2D eigenvalue weighted by atomic mass is 9.91. The van der Waals surface area contributed by atoms with Crippen molar-refractivity contribution >= 4 is 11.8 Å². The summed E-state index contributed by atoms with van der Waals surface area (Å²) in [5.74, 6) is -0.749. The van der Waals surface area contributed by atoms with E-state index in [1.54, 1.807) is 0 Å². The number of Topliss-reactive ketones (excluding diaryl/α,β-unsaturated/α-hetero) is 1. The maximum Gasteiger partial charge on any atom is 0.317 e. The summed E-state index contributed by atoms with van der Waals surface area (Å²) in [4.78, 5) is 27.5. The van der Waals surface area contributed by atoms with Crippen molar-refractivity contribution in [1.29, 1.82) is 0 Å². The zero-order valence-corrected chi connectivity index (χ0v) is 20.9. The molecule has 1 unspecified atom stereocenters. The average molecular weight is 448 g/mol. The zero-order chi connectivity index (χ0) is 24.1. The summed E-state index contributed by atoms with van der Waals surface area (Å²) in [5.41, 5.74) is 7.27. The van der Waals surface area contributed by atoms with E-state index in [2.05, 4.69) is 48.2 Å². The molecule has 0 fully saturated rings. The van der Waals surface area contributed by atoms with E-state index in [1.807, 2.05) is 0 Å². The van der Waals surface area contributed by atoms with Crippen molar-refractivity contribution in [1.82, 2.24) is 0 Å². The van der Waals surface area contributed by atoms with Gasteiger partial charge in [-0.2, -0.15) is 0 Å². The molecule has 32 heavy (non-hydrogen) atoms. The minimum absolute atomic E-state index is 0.0202. The number of carbonyl (C=O) groups is 2. The third kappa shape index (κ3) is 15.7. The number of carbonyl (C=O) groups excluding carboxylic acids is 2. The lowest BCUT2D eigenvalue weighted by molar-refractivity contribution is -0.153. The largest absolute Gasteiger partial charge is 0.457 e. The molecule has 0 heterocycles. The number of rotatable bonds is 20. The quantitative estimate of drug-likeness (QED) is 0.0472. The van der Waals surface area contributed by atoms with Gasteiger partial charge in [0.1, 0.15) is 12.1 Å². The Morgan fingerprint density at radius 1 is 0.938 bits per heavy atom. The third-order valence-electron chi connectivity index (χ3n) is 5.52. The molecule has 0 saturated heterocycles. The van der Waals surface area contributed by atoms with Gasteiger partial charge in [-0.05, 0) is 57.9 Å². The van der Waals surface area contributed by atoms with Gasteiger partial charge >= 0.3 is 5.97 Å². The predicted molar refractivity (Wildman–Crippen MR) is 132 cm³/mol. The van der Waals surface area contributed by atoms with Crippen molar-refractivity contribution < 1.29 is 14.3 Å². The average Bonchev–Trinajstić information content (AvgIpc) is 2.76. The second-order valence-electron chi connectivity index (χ2n) is 8.92. The molecule has 1 atom stereocenters. The summed E-state index contributed by atoms with van der Waals surface area (Å²) >= 11 is 0. The van der Waals surface area contributed by atoms with E-state index in [0.717, 1.165) is 64.2 Å². The van der Waals surface area contributed by atoms with Gasteiger partial charge in [-0.25, -0.2) is 0 Å². The molecule has 0 aromatic rings. The SMILES string of the molecule is CCC=CCC=CCCCCCC(CCCCCCC)C(=O)COC(=O)C(C)(C)N=[N+]=[N-]. The molecule has 0 bridgehead atoms. The molecule has 0 saturated carbocycles. The van der Waals surface area contributed by atoms with E-state index in [4.69, 9.17) is 10.3 Å². The molecule has 0 aromatic carbocycles. The number of allylic oxidation sites excluding steroid dienone is 4. The molecule has 0 aliphatic carbocycles. The Morgan fingerprint density at radius 2 is 1.56 bits per heavy atom. The molecule has 182 valence electrons. The Balaban J connectivity index is 4.47. The van der Waals surface area contributed by atoms with Crippen molar-refractivity contribution in [3.8, 4) is 0 Å². The normalized spacial score (nSPS) is 12.8. The maximum atomic E-state index is 12.7. The second-order valence-corrected chi connectivity index (χ2v) is 8.92. The van der Waals surface area contributed by atoms with Crippen LogP contribution in [-0.4, -0.2) is 23.9 Å². The Kier molecular flexibility index (Phi) is 18.3. The smallest absolute Gasteiger partial charge is 0.317 e. The Labute approximate surface area is 195 Å². The van der Waals surface area contributed by atoms with Crippen LogP contribution >= 0.6 is 0 Å². The first-order valence-corrected chi connectivity index (χ1v) is 12.4. The van der Waals surface area contributed by atoms with Gasteiger partial charge in [0, 0.05) is 10.8 Å². The first kappa shape index (κ1) is 29.9. The number of unbranched alkanes of at least 4 members (excludes halogenated alkanes) is 7. The van der Waals surface area contributed by atoms with Crippen LogP contribution in [0.1, 0.15) is 111 Å². The predicted octanol–water partition coefficient (Wildman–Crippen LogP) is 8.03. The van der Waals surface area contributed by atoms with Crippen molar-refractivity contribution in [3.63, 3.8) is 0 Å². The van der Waals surface area contributed by atoms with Gasteiger partial charge in [-0.3, -0.25) is 9.59 Å². The lowest BCUT2D eigenvalue weighted by Gasteiger charge is -2.19. The van der Waals surface area contributed by atoms with Crippen LogP contribution in [0.5, 0.6) is 0 Å². The highest BCUT2D eigenvalue weighted by Gasteiger charge is 2.29. The van der Waals surface area contributed by atoms with Gasteiger partial charge in [-0.15, -0.1) is 0 Å². The first-order valence-electron chi connectivity index (χ1n) is 12.4. The van der Waals surface area contributed by atoms with Crippen LogP contribution in [0.25, 0.3) is 10.4 Å². The van der Waals surface area contributed by atoms with E-state index in [0.29, 0.717) is 0 Å². The highest BCUT2D eigenvalue weighted by molar-refractivity contribution is 5.86. The number of hydrogen-bond acceptors (Lipinski definition) is 4. The van der Waals surface area contributed by atoms with Crippen molar-refractivity contribution in [2.75, 3.05) is 6.61 Å². The fourth-order valence-corrected chi connectivity index (χ4v) is 3.43. The van der Waals surface area contributed by atoms with Gasteiger partial charge in [0.2, 0.25) is 0 Å². The van der Waals surface area contributed by atoms with Crippen LogP contribution in [0.4, 0.5) is 0 Å². The van der Waals surface area contributed by atoms with Crippen molar-refractivity contribution in [3.05, 3.63) is 34.7 Å². The highest BCUT2D eigenvalue weighted by atomic mass is 16.5. The molecule has 0 radical (unpaired) electrons. The van der Waals surface area contributed by atoms with E-state index in [9.17, 15) is 9.59 Å². The third-order valence-corrected chi connectivity index (χ3v) is 5.52. The van der Waals surface area contributed by atoms with Crippen LogP contribution in [0.15, 0.2) is 29.4 Å². The van der Waals surface area contributed by atoms with E-state index < -0.39 is 11.5 Å². The van der Waals surface area contributed by atoms with E-state index in [1.165, 1.54) is 33.1 Å². The number of nitrogens with zero attached hydrogens (tertiary/aromatic N) is 3. The molecule has 0 amide bonds. The van der Waals surface area contributed by atoms with E-state index in [-0.39, 0.29) is 18.3 Å². The topological polar surface area (TPSA) is 92.1 Å². The highest BCUT2D eigenvalue weighted by Crippen LogP contribution is 2.21. The standard InChI is InChI=1S/C26H45N3O3/c1-5-7-9-11-12-13-14-15-17-19-21-23(20-18-16-10-8-6-2)24(30)22-32-25(31)26(3,4)28-29-27/h7,9,12-13,23H,5-6,8,10-11,14-22H2,1-4H3. The summed E-state index contributed by atoms with van der Waals surface area (Å²) in [6.45, 7) is 7.06. The molecule has 0 aromatic heterocycles. The molecule has 0 spiro atoms. The fourth-order valence-electron chi connectivity index (χ4n) is 3.43. The van der Waals surface area contributed by atoms with Crippen LogP contribution < -0.4 is 0 Å². The molecule has 6 heteroatoms. The summed E-state index contributed by atoms with van der Waals surface area (Å²) in [7, 11) is 0. The summed E-state index contributed by atoms with van der Waals surface area (Å²) in [6.07, 6.45) is 22.7. The molecule has 0 aliphatic heterocycles. The van der Waals surface area contributed by atoms with Gasteiger partial charge in [0.05, 0.1) is 0 Å². The fraction of sp³-hybridized carbons (Fsp3) is 0.769. The minimum Gasteiger partial charge on any atom is -0.457 e. The number of hydrogen-bond donors (Lipinski definition) is 0. The molecular weight excluding hydrogens is 402 g/mol. The van der Waals surface area contributed by atoms with Gasteiger partial charge in [-0.1, -0.05) is 88.2 Å². The number of ketones is 1. The number of azide groups is 1. The van der Waals surface area contributed by atoms with Gasteiger partial charge < -0.3 is 4.74 Å². The van der Waals surface area contributed by atoms with Crippen molar-refractivity contribution in [2.45, 2.75) is 117 Å². The number of esters is 1. The van der Waals surface area contributed by atoms with Crippen LogP contribution in [0.3, 0.4) is 0 Å². The van der Waals surface area contributed by atoms with Gasteiger partial charge in [0.25, 0.3) is 0 Å². The minimum atomic E-state index is -1.30. The maximum absolute atomic E-state index is 12.7. The molecule has 0 aliphatic rings. The summed E-state index contributed by atoms with van der Waals surface area (Å²) in [5, 5.41) is 3.45. The lowest BCUT2D eigenvalue weighted by Crippen LogP contribution is -2.33. The molecule has 6 nitrogen and oxygen atoms in total. The van der Waals surface area contributed by atoms with Crippen LogP contribution in [0.2, 0.25) is 0 Å². The zero-order valence-electron chi connectivity index (χ0n) is 20.9. The van der Waals surface area contributed by atoms with Crippen LogP contribution in [-0.2, 0) is 14.3 Å². The van der Waals surface area contributed by atoms with Gasteiger partial charge in [0.15, 0.2) is 5.78 Å². The van der Waals surface area contributed by atoms with E-state index >= 15 is 0 Å². The Morgan fingerprint density at radius 3 is 2.19 bits per heavy atom. The monoisotopic (exact) mass is 447 g/mol.